The Labute approximate surface area is 410 Å². The van der Waals surface area contributed by atoms with Crippen molar-refractivity contribution in [3.63, 3.8) is 0 Å². The standard InChI is InChI=1S/C27H27N5O3S.C25H27N5O2S/c1-15(2)35-24-10-7-17(11-18(24)12-28)25-30-31-26(36-25)22-6-4-5-21-20(22)8-9-23(21)29-27(34)32-13-19(14-32)16(3)33;1-15(2)32-22-11-8-16(12-17(22)13-26)24-28-29-25(33-24)20-7-5-6-19-18(20)9-10-21(19)27-23(31)14-30(3)4/h4-7,10-11,15,19,23H,8-9,13-14H2,1-3H3,(H,29,34);5-8,11-12,15,21H,9-10,14H2,1-4H3,(H,27,31)/t23-;21-/m11/s1. The van der Waals surface area contributed by atoms with E-state index in [1.807, 2.05) is 83.1 Å². The van der Waals surface area contributed by atoms with Crippen LogP contribution in [0.4, 0.5) is 4.79 Å². The van der Waals surface area contributed by atoms with E-state index in [2.05, 4.69) is 61.4 Å². The number of ether oxygens (including phenoxy) is 2. The topological polar surface area (TPSA) is 199 Å². The summed E-state index contributed by atoms with van der Waals surface area (Å²) in [6.45, 7) is 10.7. The van der Waals surface area contributed by atoms with Crippen molar-refractivity contribution >= 4 is 40.4 Å². The highest BCUT2D eigenvalue weighted by Crippen LogP contribution is 2.42. The smallest absolute Gasteiger partial charge is 0.317 e. The van der Waals surface area contributed by atoms with Crippen LogP contribution >= 0.6 is 22.7 Å². The molecule has 2 N–H and O–H groups in total. The number of aromatic nitrogens is 4. The lowest BCUT2D eigenvalue weighted by Gasteiger charge is -2.38. The maximum atomic E-state index is 12.7. The van der Waals surface area contributed by atoms with Gasteiger partial charge in [0.1, 0.15) is 49.5 Å². The Balaban J connectivity index is 0.000000187. The van der Waals surface area contributed by atoms with E-state index < -0.39 is 0 Å². The summed E-state index contributed by atoms with van der Waals surface area (Å²) in [5, 5.41) is 46.2. The van der Waals surface area contributed by atoms with Gasteiger partial charge in [-0.3, -0.25) is 9.59 Å². The van der Waals surface area contributed by atoms with Gasteiger partial charge in [0.15, 0.2) is 0 Å². The average molecular weight is 963 g/mol. The molecule has 1 aliphatic heterocycles. The van der Waals surface area contributed by atoms with Crippen LogP contribution in [0, 0.1) is 28.6 Å². The van der Waals surface area contributed by atoms with Gasteiger partial charge in [-0.1, -0.05) is 59.1 Å². The van der Waals surface area contributed by atoms with Gasteiger partial charge in [0.05, 0.1) is 47.9 Å². The Bertz CT molecular complexity index is 2980. The van der Waals surface area contributed by atoms with E-state index in [9.17, 15) is 24.9 Å². The van der Waals surface area contributed by atoms with Gasteiger partial charge >= 0.3 is 6.03 Å². The summed E-state index contributed by atoms with van der Waals surface area (Å²) in [5.74, 6) is 1.26. The van der Waals surface area contributed by atoms with E-state index in [4.69, 9.17) is 9.47 Å². The van der Waals surface area contributed by atoms with Gasteiger partial charge in [0.25, 0.3) is 0 Å². The SMILES string of the molecule is CC(=O)C1CN(C(=O)N[C@@H]2CCc3c(-c4nnc(-c5ccc(OC(C)C)c(C#N)c5)s4)cccc32)C1.CC(C)Oc1ccc(-c2nnc(-c3cccc4c3CC[C@H]4NC(=O)CN(C)C)s2)cc1C#N. The molecule has 0 spiro atoms. The van der Waals surface area contributed by atoms with Crippen LogP contribution in [-0.2, 0) is 22.4 Å². The molecule has 69 heavy (non-hydrogen) atoms. The van der Waals surface area contributed by atoms with Crippen LogP contribution < -0.4 is 20.1 Å². The van der Waals surface area contributed by atoms with Crippen molar-refractivity contribution in [2.75, 3.05) is 33.7 Å². The highest BCUT2D eigenvalue weighted by molar-refractivity contribution is 7.18. The first-order chi connectivity index (χ1) is 33.2. The van der Waals surface area contributed by atoms with Crippen LogP contribution in [0.15, 0.2) is 72.8 Å². The Morgan fingerprint density at radius 2 is 1.17 bits per heavy atom. The Kier molecular flexibility index (Phi) is 14.8. The number of ketones is 1. The Morgan fingerprint density at radius 1 is 0.710 bits per heavy atom. The molecule has 3 amide bonds. The number of hydrogen-bond acceptors (Lipinski definition) is 14. The Morgan fingerprint density at radius 3 is 1.61 bits per heavy atom. The molecule has 6 aromatic rings. The number of carbonyl (C=O) groups excluding carboxylic acids is 3. The second-order valence-corrected chi connectivity index (χ2v) is 20.2. The van der Waals surface area contributed by atoms with E-state index in [-0.39, 0.29) is 47.9 Å². The van der Waals surface area contributed by atoms with E-state index in [1.165, 1.54) is 33.8 Å². The predicted molar refractivity (Wildman–Crippen MR) is 266 cm³/mol. The predicted octanol–water partition coefficient (Wildman–Crippen LogP) is 8.94. The van der Waals surface area contributed by atoms with Crippen LogP contribution in [0.5, 0.6) is 11.5 Å². The van der Waals surface area contributed by atoms with Gasteiger partial charge in [-0.25, -0.2) is 4.79 Å². The first kappa shape index (κ1) is 48.4. The minimum absolute atomic E-state index is 0.00671. The number of fused-ring (bicyclic) bond motifs is 2. The van der Waals surface area contributed by atoms with Crippen molar-refractivity contribution in [2.24, 2.45) is 5.92 Å². The minimum Gasteiger partial charge on any atom is -0.490 e. The van der Waals surface area contributed by atoms with E-state index in [0.717, 1.165) is 79.1 Å². The maximum absolute atomic E-state index is 12.7. The second-order valence-electron chi connectivity index (χ2n) is 18.2. The fraction of sp³-hybridized carbons (Fsp3) is 0.365. The van der Waals surface area contributed by atoms with Crippen LogP contribution in [0.3, 0.4) is 0 Å². The van der Waals surface area contributed by atoms with Gasteiger partial charge in [-0.05, 0) is 133 Å². The molecule has 0 saturated carbocycles. The summed E-state index contributed by atoms with van der Waals surface area (Å²) in [4.78, 5) is 39.9. The van der Waals surface area contributed by atoms with E-state index in [0.29, 0.717) is 42.3 Å². The fourth-order valence-electron chi connectivity index (χ4n) is 8.79. The van der Waals surface area contributed by atoms with Gasteiger partial charge < -0.3 is 29.9 Å². The third-order valence-corrected chi connectivity index (χ3v) is 14.1. The molecule has 3 aliphatic rings. The van der Waals surface area contributed by atoms with Gasteiger partial charge in [-0.2, -0.15) is 10.5 Å². The summed E-state index contributed by atoms with van der Waals surface area (Å²) in [6, 6.07) is 27.5. The van der Waals surface area contributed by atoms with Crippen LogP contribution in [0.1, 0.15) is 92.9 Å². The summed E-state index contributed by atoms with van der Waals surface area (Å²) in [7, 11) is 3.77. The number of rotatable bonds is 13. The van der Waals surface area contributed by atoms with Crippen molar-refractivity contribution in [1.29, 1.82) is 10.5 Å². The van der Waals surface area contributed by atoms with E-state index >= 15 is 0 Å². The highest BCUT2D eigenvalue weighted by Gasteiger charge is 2.36. The number of likely N-dealkylation sites (tertiary alicyclic amines) is 1. The molecule has 0 unspecified atom stereocenters. The molecule has 2 atom stereocenters. The maximum Gasteiger partial charge on any atom is 0.317 e. The van der Waals surface area contributed by atoms with Crippen LogP contribution in [0.25, 0.3) is 42.3 Å². The molecule has 4 aromatic carbocycles. The molecular formula is C52H54N10O5S2. The molecule has 2 aromatic heterocycles. The van der Waals surface area contributed by atoms with Crippen molar-refractivity contribution in [3.8, 4) is 65.9 Å². The molecule has 2 aliphatic carbocycles. The summed E-state index contributed by atoms with van der Waals surface area (Å²) in [5.41, 5.74) is 9.33. The molecule has 354 valence electrons. The molecule has 0 radical (unpaired) electrons. The van der Waals surface area contributed by atoms with Crippen molar-refractivity contribution in [3.05, 3.63) is 106 Å². The third-order valence-electron chi connectivity index (χ3n) is 12.1. The summed E-state index contributed by atoms with van der Waals surface area (Å²) in [6.07, 6.45) is 3.38. The molecule has 1 fully saturated rings. The zero-order valence-electron chi connectivity index (χ0n) is 39.7. The lowest BCUT2D eigenvalue weighted by atomic mass is 9.96. The quantitative estimate of drug-likeness (QED) is 0.112. The molecule has 17 heteroatoms. The normalized spacial score (nSPS) is 15.9. The first-order valence-corrected chi connectivity index (χ1v) is 24.7. The number of urea groups is 1. The van der Waals surface area contributed by atoms with Crippen LogP contribution in [-0.4, -0.2) is 93.9 Å². The van der Waals surface area contributed by atoms with Crippen molar-refractivity contribution in [1.82, 2.24) is 40.8 Å². The average Bonchev–Trinajstić information content (AvgIpc) is 4.13. The molecule has 3 heterocycles. The molecule has 9 rings (SSSR count). The lowest BCUT2D eigenvalue weighted by Crippen LogP contribution is -2.56. The number of Topliss-reactive ketones (excluding diaryl/α,β-unsaturated/α-hetero) is 1. The molecule has 1 saturated heterocycles. The fourth-order valence-corrected chi connectivity index (χ4v) is 10.6. The molecule has 15 nitrogen and oxygen atoms in total. The highest BCUT2D eigenvalue weighted by atomic mass is 32.1. The number of carbonyl (C=O) groups is 3. The first-order valence-electron chi connectivity index (χ1n) is 23.0. The van der Waals surface area contributed by atoms with Crippen LogP contribution in [0.2, 0.25) is 0 Å². The lowest BCUT2D eigenvalue weighted by molar-refractivity contribution is -0.124. The summed E-state index contributed by atoms with van der Waals surface area (Å²) < 4.78 is 11.5. The van der Waals surface area contributed by atoms with Gasteiger partial charge in [0, 0.05) is 35.3 Å². The number of nitrogens with zero attached hydrogens (tertiary/aromatic N) is 8. The number of amides is 3. The molecule has 0 bridgehead atoms. The second kappa shape index (κ2) is 21.1. The summed E-state index contributed by atoms with van der Waals surface area (Å²) >= 11 is 2.98. The van der Waals surface area contributed by atoms with E-state index in [1.54, 1.807) is 30.0 Å². The van der Waals surface area contributed by atoms with Gasteiger partial charge in [-0.15, -0.1) is 20.4 Å². The Hall–Kier alpha value is -7.05. The number of nitrogens with one attached hydrogen (secondary N) is 2. The zero-order chi connectivity index (χ0) is 48.9. The molecular weight excluding hydrogens is 909 g/mol. The minimum atomic E-state index is -0.118. The van der Waals surface area contributed by atoms with Gasteiger partial charge in [0.2, 0.25) is 5.91 Å². The number of hydrogen-bond donors (Lipinski definition) is 2. The number of benzene rings is 4. The largest absolute Gasteiger partial charge is 0.490 e. The number of nitriles is 2. The zero-order valence-corrected chi connectivity index (χ0v) is 41.3. The van der Waals surface area contributed by atoms with Crippen molar-refractivity contribution < 1.29 is 23.9 Å². The monoisotopic (exact) mass is 962 g/mol. The third kappa shape index (κ3) is 11.0. The van der Waals surface area contributed by atoms with Crippen molar-refractivity contribution in [2.45, 2.75) is 84.6 Å². The number of likely N-dealkylation sites (N-methyl/N-ethyl adjacent to an activating group) is 1.